The molecule has 0 bridgehead atoms. The number of hydrogen-bond acceptors (Lipinski definition) is 3. The SMILES string of the molecule is NC(=S)C1(C(=O)N2CCC(CO)C2)CCC1. The summed E-state index contributed by atoms with van der Waals surface area (Å²) in [6.45, 7) is 1.54. The fourth-order valence-electron chi connectivity index (χ4n) is 2.56. The van der Waals surface area contributed by atoms with Crippen LogP contribution in [0.3, 0.4) is 0 Å². The Balaban J connectivity index is 2.05. The second-order valence-corrected chi connectivity index (χ2v) is 5.33. The van der Waals surface area contributed by atoms with E-state index in [1.165, 1.54) is 0 Å². The summed E-state index contributed by atoms with van der Waals surface area (Å²) in [6, 6.07) is 0. The Bertz CT molecular complexity index is 315. The quantitative estimate of drug-likeness (QED) is 0.698. The normalized spacial score (nSPS) is 27.6. The van der Waals surface area contributed by atoms with E-state index in [9.17, 15) is 4.79 Å². The predicted octanol–water partition coefficient (Wildman–Crippen LogP) is 0.284. The molecule has 0 aromatic carbocycles. The van der Waals surface area contributed by atoms with Gasteiger partial charge in [0.25, 0.3) is 0 Å². The van der Waals surface area contributed by atoms with Crippen LogP contribution in [0.15, 0.2) is 0 Å². The molecule has 90 valence electrons. The summed E-state index contributed by atoms with van der Waals surface area (Å²) in [5, 5.41) is 9.06. The minimum atomic E-state index is -0.556. The topological polar surface area (TPSA) is 66.6 Å². The summed E-state index contributed by atoms with van der Waals surface area (Å²) in [5.41, 5.74) is 5.15. The standard InChI is InChI=1S/C11H18N2O2S/c12-9(16)11(3-1-4-11)10(15)13-5-2-8(6-13)7-14/h8,14H,1-7H2,(H2,12,16). The van der Waals surface area contributed by atoms with Gasteiger partial charge in [-0.05, 0) is 19.3 Å². The molecule has 3 N–H and O–H groups in total. The molecule has 1 aliphatic carbocycles. The van der Waals surface area contributed by atoms with Crippen LogP contribution in [0.25, 0.3) is 0 Å². The van der Waals surface area contributed by atoms with Gasteiger partial charge < -0.3 is 15.7 Å². The van der Waals surface area contributed by atoms with E-state index >= 15 is 0 Å². The molecule has 1 saturated carbocycles. The molecule has 2 aliphatic rings. The van der Waals surface area contributed by atoms with E-state index in [1.54, 1.807) is 0 Å². The van der Waals surface area contributed by atoms with Gasteiger partial charge >= 0.3 is 0 Å². The lowest BCUT2D eigenvalue weighted by Crippen LogP contribution is -2.54. The third-order valence-electron chi connectivity index (χ3n) is 3.92. The second-order valence-electron chi connectivity index (χ2n) is 4.89. The van der Waals surface area contributed by atoms with Crippen molar-refractivity contribution < 1.29 is 9.90 Å². The van der Waals surface area contributed by atoms with Gasteiger partial charge in [-0.1, -0.05) is 18.6 Å². The first-order valence-corrected chi connectivity index (χ1v) is 6.21. The maximum atomic E-state index is 12.3. The fraction of sp³-hybridized carbons (Fsp3) is 0.818. The van der Waals surface area contributed by atoms with Crippen LogP contribution in [0.5, 0.6) is 0 Å². The van der Waals surface area contributed by atoms with Crippen molar-refractivity contribution in [3.63, 3.8) is 0 Å². The van der Waals surface area contributed by atoms with Crippen LogP contribution in [0.4, 0.5) is 0 Å². The van der Waals surface area contributed by atoms with Gasteiger partial charge in [0.1, 0.15) is 0 Å². The van der Waals surface area contributed by atoms with Gasteiger partial charge in [-0.25, -0.2) is 0 Å². The second kappa shape index (κ2) is 4.30. The van der Waals surface area contributed by atoms with Crippen molar-refractivity contribution in [2.45, 2.75) is 25.7 Å². The van der Waals surface area contributed by atoms with Crippen LogP contribution in [-0.2, 0) is 4.79 Å². The number of carbonyl (C=O) groups excluding carboxylic acids is 1. The molecule has 4 nitrogen and oxygen atoms in total. The fourth-order valence-corrected chi connectivity index (χ4v) is 2.86. The van der Waals surface area contributed by atoms with Crippen LogP contribution in [0.1, 0.15) is 25.7 Å². The number of nitrogens with two attached hydrogens (primary N) is 1. The predicted molar refractivity (Wildman–Crippen MR) is 64.8 cm³/mol. The molecule has 1 heterocycles. The van der Waals surface area contributed by atoms with Crippen molar-refractivity contribution >= 4 is 23.1 Å². The summed E-state index contributed by atoms with van der Waals surface area (Å²) in [4.78, 5) is 14.5. The highest BCUT2D eigenvalue weighted by atomic mass is 32.1. The number of amides is 1. The number of carbonyl (C=O) groups is 1. The highest BCUT2D eigenvalue weighted by molar-refractivity contribution is 7.80. The Labute approximate surface area is 101 Å². The number of thiocarbonyl (C=S) groups is 1. The van der Waals surface area contributed by atoms with E-state index in [4.69, 9.17) is 23.1 Å². The average Bonchev–Trinajstić information content (AvgIpc) is 2.62. The first kappa shape index (κ1) is 11.8. The summed E-state index contributed by atoms with van der Waals surface area (Å²) in [7, 11) is 0. The number of hydrogen-bond donors (Lipinski definition) is 2. The third-order valence-corrected chi connectivity index (χ3v) is 4.31. The zero-order valence-electron chi connectivity index (χ0n) is 9.32. The van der Waals surface area contributed by atoms with Crippen molar-refractivity contribution in [1.29, 1.82) is 0 Å². The minimum Gasteiger partial charge on any atom is -0.396 e. The van der Waals surface area contributed by atoms with Gasteiger partial charge in [0.15, 0.2) is 0 Å². The largest absolute Gasteiger partial charge is 0.396 e. The summed E-state index contributed by atoms with van der Waals surface area (Å²) in [6.07, 6.45) is 3.50. The van der Waals surface area contributed by atoms with Crippen LogP contribution in [0.2, 0.25) is 0 Å². The Morgan fingerprint density at radius 3 is 2.62 bits per heavy atom. The maximum absolute atomic E-state index is 12.3. The van der Waals surface area contributed by atoms with E-state index in [-0.39, 0.29) is 18.4 Å². The Morgan fingerprint density at radius 1 is 1.56 bits per heavy atom. The summed E-state index contributed by atoms with van der Waals surface area (Å²) < 4.78 is 0. The molecule has 1 amide bonds. The highest BCUT2D eigenvalue weighted by Gasteiger charge is 2.49. The summed E-state index contributed by atoms with van der Waals surface area (Å²) >= 11 is 5.03. The lowest BCUT2D eigenvalue weighted by Gasteiger charge is -2.41. The number of aliphatic hydroxyl groups is 1. The smallest absolute Gasteiger partial charge is 0.235 e. The van der Waals surface area contributed by atoms with Gasteiger partial charge in [-0.15, -0.1) is 0 Å². The molecular formula is C11H18N2O2S. The van der Waals surface area contributed by atoms with Crippen LogP contribution < -0.4 is 5.73 Å². The monoisotopic (exact) mass is 242 g/mol. The van der Waals surface area contributed by atoms with Crippen molar-refractivity contribution in [2.24, 2.45) is 17.1 Å². The van der Waals surface area contributed by atoms with Crippen LogP contribution >= 0.6 is 12.2 Å². The lowest BCUT2D eigenvalue weighted by atomic mass is 9.67. The number of nitrogens with zero attached hydrogens (tertiary/aromatic N) is 1. The Kier molecular flexibility index (Phi) is 3.17. The lowest BCUT2D eigenvalue weighted by molar-refractivity contribution is -0.141. The van der Waals surface area contributed by atoms with E-state index in [0.29, 0.717) is 11.5 Å². The molecule has 1 aliphatic heterocycles. The highest BCUT2D eigenvalue weighted by Crippen LogP contribution is 2.43. The molecule has 1 atom stereocenters. The number of likely N-dealkylation sites (tertiary alicyclic amines) is 1. The Morgan fingerprint density at radius 2 is 2.25 bits per heavy atom. The van der Waals surface area contributed by atoms with Crippen molar-refractivity contribution in [1.82, 2.24) is 4.90 Å². The molecule has 0 aromatic heterocycles. The molecule has 0 radical (unpaired) electrons. The first-order chi connectivity index (χ1) is 7.60. The van der Waals surface area contributed by atoms with Gasteiger partial charge in [0, 0.05) is 25.6 Å². The van der Waals surface area contributed by atoms with Gasteiger partial charge in [0.05, 0.1) is 10.4 Å². The van der Waals surface area contributed by atoms with Gasteiger partial charge in [-0.2, -0.15) is 0 Å². The zero-order valence-corrected chi connectivity index (χ0v) is 10.1. The first-order valence-electron chi connectivity index (χ1n) is 5.80. The van der Waals surface area contributed by atoms with Crippen LogP contribution in [-0.4, -0.2) is 40.6 Å². The third kappa shape index (κ3) is 1.72. The molecule has 5 heteroatoms. The summed E-state index contributed by atoms with van der Waals surface area (Å²) in [5.74, 6) is 0.314. The molecule has 16 heavy (non-hydrogen) atoms. The van der Waals surface area contributed by atoms with E-state index in [1.807, 2.05) is 4.90 Å². The van der Waals surface area contributed by atoms with E-state index in [2.05, 4.69) is 0 Å². The molecule has 0 aromatic rings. The minimum absolute atomic E-state index is 0.0854. The van der Waals surface area contributed by atoms with Gasteiger partial charge in [-0.3, -0.25) is 4.79 Å². The molecule has 1 saturated heterocycles. The maximum Gasteiger partial charge on any atom is 0.235 e. The average molecular weight is 242 g/mol. The molecule has 0 spiro atoms. The number of rotatable bonds is 3. The van der Waals surface area contributed by atoms with E-state index < -0.39 is 5.41 Å². The van der Waals surface area contributed by atoms with E-state index in [0.717, 1.165) is 32.2 Å². The van der Waals surface area contributed by atoms with Crippen molar-refractivity contribution in [3.8, 4) is 0 Å². The van der Waals surface area contributed by atoms with Gasteiger partial charge in [0.2, 0.25) is 5.91 Å². The number of aliphatic hydroxyl groups excluding tert-OH is 1. The van der Waals surface area contributed by atoms with Crippen molar-refractivity contribution in [3.05, 3.63) is 0 Å². The Hall–Kier alpha value is -0.680. The molecule has 1 unspecified atom stereocenters. The molecular weight excluding hydrogens is 224 g/mol. The molecule has 2 rings (SSSR count). The molecule has 2 fully saturated rings. The van der Waals surface area contributed by atoms with Crippen molar-refractivity contribution in [2.75, 3.05) is 19.7 Å². The zero-order chi connectivity index (χ0) is 11.8. The van der Waals surface area contributed by atoms with Crippen LogP contribution in [0, 0.1) is 11.3 Å².